The summed E-state index contributed by atoms with van der Waals surface area (Å²) in [6.07, 6.45) is 3.16. The third-order valence-electron chi connectivity index (χ3n) is 2.65. The highest BCUT2D eigenvalue weighted by molar-refractivity contribution is 5.28. The van der Waals surface area contributed by atoms with E-state index in [1.165, 1.54) is 12.1 Å². The first-order valence-corrected chi connectivity index (χ1v) is 6.28. The lowest BCUT2D eigenvalue weighted by Crippen LogP contribution is -2.11. The SMILES string of the molecule is NCCCNc1nccc(Cc2cccc(F)c2)n1. The van der Waals surface area contributed by atoms with Gasteiger partial charge < -0.3 is 11.1 Å². The quantitative estimate of drug-likeness (QED) is 0.779. The second-order valence-electron chi connectivity index (χ2n) is 4.25. The minimum Gasteiger partial charge on any atom is -0.354 e. The summed E-state index contributed by atoms with van der Waals surface area (Å²) >= 11 is 0. The monoisotopic (exact) mass is 260 g/mol. The Hall–Kier alpha value is -2.01. The summed E-state index contributed by atoms with van der Waals surface area (Å²) < 4.78 is 13.1. The van der Waals surface area contributed by atoms with Gasteiger partial charge in [0.25, 0.3) is 0 Å². The van der Waals surface area contributed by atoms with Gasteiger partial charge in [-0.1, -0.05) is 12.1 Å². The van der Waals surface area contributed by atoms with Crippen molar-refractivity contribution in [2.24, 2.45) is 5.73 Å². The molecule has 4 nitrogen and oxygen atoms in total. The molecule has 0 aliphatic rings. The van der Waals surface area contributed by atoms with Crippen LogP contribution in [-0.4, -0.2) is 23.1 Å². The van der Waals surface area contributed by atoms with Crippen molar-refractivity contribution in [1.82, 2.24) is 9.97 Å². The zero-order valence-corrected chi connectivity index (χ0v) is 10.6. The zero-order valence-electron chi connectivity index (χ0n) is 10.6. The summed E-state index contributed by atoms with van der Waals surface area (Å²) in [5.74, 6) is 0.357. The Labute approximate surface area is 111 Å². The van der Waals surface area contributed by atoms with Crippen LogP contribution in [0.25, 0.3) is 0 Å². The van der Waals surface area contributed by atoms with Crippen molar-refractivity contribution in [3.05, 3.63) is 53.6 Å². The minimum atomic E-state index is -0.229. The lowest BCUT2D eigenvalue weighted by molar-refractivity contribution is 0.626. The van der Waals surface area contributed by atoms with Crippen molar-refractivity contribution in [3.8, 4) is 0 Å². The molecule has 2 rings (SSSR count). The molecule has 0 unspecified atom stereocenters. The van der Waals surface area contributed by atoms with Crippen LogP contribution in [0.1, 0.15) is 17.7 Å². The van der Waals surface area contributed by atoms with Crippen molar-refractivity contribution < 1.29 is 4.39 Å². The average Bonchev–Trinajstić information content (AvgIpc) is 2.39. The van der Waals surface area contributed by atoms with Gasteiger partial charge in [0.05, 0.1) is 5.69 Å². The molecular weight excluding hydrogens is 243 g/mol. The van der Waals surface area contributed by atoms with Crippen LogP contribution in [0.5, 0.6) is 0 Å². The molecule has 0 amide bonds. The number of hydrogen-bond donors (Lipinski definition) is 2. The topological polar surface area (TPSA) is 63.8 Å². The van der Waals surface area contributed by atoms with Gasteiger partial charge in [-0.2, -0.15) is 0 Å². The van der Waals surface area contributed by atoms with Crippen molar-refractivity contribution in [3.63, 3.8) is 0 Å². The standard InChI is InChI=1S/C14H17FN4/c15-12-4-1-3-11(9-12)10-13-5-8-18-14(19-13)17-7-2-6-16/h1,3-5,8-9H,2,6-7,10,16H2,(H,17,18,19). The van der Waals surface area contributed by atoms with Crippen LogP contribution in [0.4, 0.5) is 10.3 Å². The molecule has 0 fully saturated rings. The molecule has 100 valence electrons. The van der Waals surface area contributed by atoms with E-state index < -0.39 is 0 Å². The van der Waals surface area contributed by atoms with Crippen LogP contribution < -0.4 is 11.1 Å². The number of nitrogens with zero attached hydrogens (tertiary/aromatic N) is 2. The smallest absolute Gasteiger partial charge is 0.222 e. The van der Waals surface area contributed by atoms with Crippen LogP contribution in [0.3, 0.4) is 0 Å². The first-order valence-electron chi connectivity index (χ1n) is 6.28. The maximum atomic E-state index is 13.1. The van der Waals surface area contributed by atoms with E-state index in [2.05, 4.69) is 15.3 Å². The van der Waals surface area contributed by atoms with E-state index in [0.717, 1.165) is 24.2 Å². The Morgan fingerprint density at radius 3 is 2.95 bits per heavy atom. The molecule has 0 spiro atoms. The van der Waals surface area contributed by atoms with Crippen molar-refractivity contribution in [2.45, 2.75) is 12.8 Å². The van der Waals surface area contributed by atoms with Crippen molar-refractivity contribution in [2.75, 3.05) is 18.4 Å². The Morgan fingerprint density at radius 2 is 2.16 bits per heavy atom. The molecule has 0 atom stereocenters. The van der Waals surface area contributed by atoms with E-state index in [1.54, 1.807) is 12.3 Å². The third kappa shape index (κ3) is 4.30. The summed E-state index contributed by atoms with van der Waals surface area (Å²) in [4.78, 5) is 8.52. The molecule has 0 saturated carbocycles. The average molecular weight is 260 g/mol. The van der Waals surface area contributed by atoms with Crippen LogP contribution in [0.15, 0.2) is 36.5 Å². The second kappa shape index (κ2) is 6.80. The van der Waals surface area contributed by atoms with Crippen LogP contribution in [0.2, 0.25) is 0 Å². The summed E-state index contributed by atoms with van der Waals surface area (Å²) in [6, 6.07) is 8.37. The molecule has 0 saturated heterocycles. The molecule has 3 N–H and O–H groups in total. The van der Waals surface area contributed by atoms with E-state index in [-0.39, 0.29) is 5.82 Å². The molecule has 0 radical (unpaired) electrons. The highest BCUT2D eigenvalue weighted by Crippen LogP contribution is 2.10. The molecule has 0 aliphatic carbocycles. The van der Waals surface area contributed by atoms with Gasteiger partial charge in [-0.15, -0.1) is 0 Å². The fourth-order valence-corrected chi connectivity index (χ4v) is 1.74. The van der Waals surface area contributed by atoms with Crippen molar-refractivity contribution >= 4 is 5.95 Å². The molecule has 1 aromatic carbocycles. The Bertz CT molecular complexity index is 530. The van der Waals surface area contributed by atoms with E-state index >= 15 is 0 Å². The summed E-state index contributed by atoms with van der Waals surface area (Å²) in [7, 11) is 0. The largest absolute Gasteiger partial charge is 0.354 e. The lowest BCUT2D eigenvalue weighted by Gasteiger charge is -2.06. The van der Waals surface area contributed by atoms with Gasteiger partial charge in [0, 0.05) is 19.2 Å². The number of aromatic nitrogens is 2. The maximum Gasteiger partial charge on any atom is 0.222 e. The number of halogens is 1. The highest BCUT2D eigenvalue weighted by atomic mass is 19.1. The highest BCUT2D eigenvalue weighted by Gasteiger charge is 2.01. The van der Waals surface area contributed by atoms with Gasteiger partial charge in [-0.3, -0.25) is 0 Å². The number of nitrogens with two attached hydrogens (primary N) is 1. The number of nitrogens with one attached hydrogen (secondary N) is 1. The van der Waals surface area contributed by atoms with E-state index in [9.17, 15) is 4.39 Å². The predicted octanol–water partition coefficient (Wildman–Crippen LogP) is 1.97. The van der Waals surface area contributed by atoms with Gasteiger partial charge in [-0.05, 0) is 36.7 Å². The lowest BCUT2D eigenvalue weighted by atomic mass is 10.1. The first-order chi connectivity index (χ1) is 9.28. The minimum absolute atomic E-state index is 0.229. The number of benzene rings is 1. The van der Waals surface area contributed by atoms with E-state index in [0.29, 0.717) is 18.9 Å². The van der Waals surface area contributed by atoms with Gasteiger partial charge in [0.1, 0.15) is 5.82 Å². The molecule has 2 aromatic rings. The van der Waals surface area contributed by atoms with Gasteiger partial charge in [0.15, 0.2) is 0 Å². The fraction of sp³-hybridized carbons (Fsp3) is 0.286. The molecule has 0 bridgehead atoms. The van der Waals surface area contributed by atoms with Gasteiger partial charge in [-0.25, -0.2) is 14.4 Å². The molecule has 19 heavy (non-hydrogen) atoms. The van der Waals surface area contributed by atoms with Crippen LogP contribution >= 0.6 is 0 Å². The van der Waals surface area contributed by atoms with Crippen molar-refractivity contribution in [1.29, 1.82) is 0 Å². The van der Waals surface area contributed by atoms with Gasteiger partial charge in [0.2, 0.25) is 5.95 Å². The van der Waals surface area contributed by atoms with E-state index in [1.807, 2.05) is 12.1 Å². The van der Waals surface area contributed by atoms with Crippen LogP contribution in [-0.2, 0) is 6.42 Å². The first kappa shape index (κ1) is 13.4. The summed E-state index contributed by atoms with van der Waals surface area (Å²) in [6.45, 7) is 1.38. The number of anilines is 1. The fourth-order valence-electron chi connectivity index (χ4n) is 1.74. The predicted molar refractivity (Wildman–Crippen MR) is 73.4 cm³/mol. The van der Waals surface area contributed by atoms with Gasteiger partial charge >= 0.3 is 0 Å². The Morgan fingerprint density at radius 1 is 1.26 bits per heavy atom. The van der Waals surface area contributed by atoms with E-state index in [4.69, 9.17) is 5.73 Å². The molecular formula is C14H17FN4. The second-order valence-corrected chi connectivity index (χ2v) is 4.25. The Kier molecular flexibility index (Phi) is 4.80. The Balaban J connectivity index is 2.02. The number of rotatable bonds is 6. The number of hydrogen-bond acceptors (Lipinski definition) is 4. The molecule has 1 heterocycles. The summed E-state index contributed by atoms with van der Waals surface area (Å²) in [5, 5.41) is 3.11. The summed E-state index contributed by atoms with van der Waals surface area (Å²) in [5.41, 5.74) is 7.17. The molecule has 0 aliphatic heterocycles. The maximum absolute atomic E-state index is 13.1. The molecule has 1 aromatic heterocycles. The van der Waals surface area contributed by atoms with Crippen LogP contribution in [0, 0.1) is 5.82 Å². The zero-order chi connectivity index (χ0) is 13.5. The third-order valence-corrected chi connectivity index (χ3v) is 2.65. The normalized spacial score (nSPS) is 10.4. The molecule has 5 heteroatoms.